The quantitative estimate of drug-likeness (QED) is 0.852. The van der Waals surface area contributed by atoms with Crippen LogP contribution >= 0.6 is 0 Å². The Morgan fingerprint density at radius 3 is 2.21 bits per heavy atom. The largest absolute Gasteiger partial charge is 0.393 e. The van der Waals surface area contributed by atoms with Crippen LogP contribution in [0.2, 0.25) is 0 Å². The summed E-state index contributed by atoms with van der Waals surface area (Å²) in [6, 6.07) is 0.355. The Hall–Kier alpha value is -1.30. The van der Waals surface area contributed by atoms with E-state index in [4.69, 9.17) is 0 Å². The van der Waals surface area contributed by atoms with E-state index in [-0.39, 0.29) is 30.0 Å². The first-order chi connectivity index (χ1) is 11.6. The second kappa shape index (κ2) is 7.72. The number of rotatable bonds is 3. The number of aliphatic hydroxyl groups is 1. The normalized spacial score (nSPS) is 26.9. The van der Waals surface area contributed by atoms with Gasteiger partial charge >= 0.3 is 6.03 Å². The summed E-state index contributed by atoms with van der Waals surface area (Å²) in [6.45, 7) is 5.77. The lowest BCUT2D eigenvalue weighted by Crippen LogP contribution is -2.49. The zero-order valence-corrected chi connectivity index (χ0v) is 14.8. The molecule has 136 valence electrons. The lowest BCUT2D eigenvalue weighted by molar-refractivity contribution is -0.138. The number of amides is 3. The Bertz CT molecular complexity index is 454. The van der Waals surface area contributed by atoms with Gasteiger partial charge in [0.25, 0.3) is 0 Å². The van der Waals surface area contributed by atoms with Crippen molar-refractivity contribution in [2.24, 2.45) is 5.92 Å². The molecule has 3 fully saturated rings. The average Bonchev–Trinajstić information content (AvgIpc) is 3.25. The monoisotopic (exact) mass is 337 g/mol. The highest BCUT2D eigenvalue weighted by molar-refractivity contribution is 5.80. The van der Waals surface area contributed by atoms with Crippen molar-refractivity contribution in [2.45, 2.75) is 64.0 Å². The summed E-state index contributed by atoms with van der Waals surface area (Å²) in [6.07, 6.45) is 6.13. The summed E-state index contributed by atoms with van der Waals surface area (Å²) >= 11 is 0. The smallest absolute Gasteiger partial charge is 0.319 e. The SMILES string of the molecule is C[C@H](O)C[C@H]1CCCN1C(=O)C1CCN(C(=O)N2CCCC2)CC1. The summed E-state index contributed by atoms with van der Waals surface area (Å²) in [4.78, 5) is 31.2. The second-order valence-electron chi connectivity index (χ2n) is 7.65. The molecule has 3 heterocycles. The summed E-state index contributed by atoms with van der Waals surface area (Å²) in [5.41, 5.74) is 0. The molecule has 3 saturated heterocycles. The van der Waals surface area contributed by atoms with Crippen molar-refractivity contribution in [3.63, 3.8) is 0 Å². The maximum atomic E-state index is 12.9. The number of hydrogen-bond donors (Lipinski definition) is 1. The van der Waals surface area contributed by atoms with Crippen LogP contribution < -0.4 is 0 Å². The number of hydrogen-bond acceptors (Lipinski definition) is 3. The van der Waals surface area contributed by atoms with Crippen molar-refractivity contribution in [2.75, 3.05) is 32.7 Å². The standard InChI is InChI=1S/C18H31N3O3/c1-14(22)13-16-5-4-10-21(16)17(23)15-6-11-20(12-7-15)18(24)19-8-2-3-9-19/h14-16,22H,2-13H2,1H3/t14-,16+/m0/s1. The molecular formula is C18H31N3O3. The van der Waals surface area contributed by atoms with E-state index in [2.05, 4.69) is 0 Å². The van der Waals surface area contributed by atoms with Gasteiger partial charge in [-0.2, -0.15) is 0 Å². The second-order valence-corrected chi connectivity index (χ2v) is 7.65. The van der Waals surface area contributed by atoms with Crippen LogP contribution in [-0.2, 0) is 4.79 Å². The van der Waals surface area contributed by atoms with Gasteiger partial charge in [0, 0.05) is 44.7 Å². The predicted molar refractivity (Wildman–Crippen MR) is 91.5 cm³/mol. The maximum Gasteiger partial charge on any atom is 0.319 e. The third-order valence-electron chi connectivity index (χ3n) is 5.76. The fourth-order valence-corrected chi connectivity index (χ4v) is 4.43. The molecule has 0 bridgehead atoms. The molecule has 0 unspecified atom stereocenters. The first-order valence-corrected chi connectivity index (χ1v) is 9.58. The van der Waals surface area contributed by atoms with E-state index in [0.717, 1.165) is 58.2 Å². The van der Waals surface area contributed by atoms with Crippen LogP contribution in [0.1, 0.15) is 51.9 Å². The van der Waals surface area contributed by atoms with Gasteiger partial charge in [0.05, 0.1) is 6.10 Å². The van der Waals surface area contributed by atoms with Gasteiger partial charge in [0.2, 0.25) is 5.91 Å². The van der Waals surface area contributed by atoms with Crippen molar-refractivity contribution in [3.05, 3.63) is 0 Å². The Labute approximate surface area is 144 Å². The van der Waals surface area contributed by atoms with Gasteiger partial charge in [0.15, 0.2) is 0 Å². The molecule has 3 amide bonds. The van der Waals surface area contributed by atoms with Crippen molar-refractivity contribution in [1.29, 1.82) is 0 Å². The fourth-order valence-electron chi connectivity index (χ4n) is 4.43. The van der Waals surface area contributed by atoms with Crippen LogP contribution in [-0.4, -0.2) is 76.6 Å². The summed E-state index contributed by atoms with van der Waals surface area (Å²) in [7, 11) is 0. The topological polar surface area (TPSA) is 64.1 Å². The number of aliphatic hydroxyl groups excluding tert-OH is 1. The molecule has 24 heavy (non-hydrogen) atoms. The van der Waals surface area contributed by atoms with Gasteiger partial charge in [-0.25, -0.2) is 4.79 Å². The van der Waals surface area contributed by atoms with Crippen LogP contribution in [0, 0.1) is 5.92 Å². The molecule has 2 atom stereocenters. The third-order valence-corrected chi connectivity index (χ3v) is 5.76. The molecule has 1 N–H and O–H groups in total. The van der Waals surface area contributed by atoms with E-state index in [0.29, 0.717) is 19.5 Å². The zero-order chi connectivity index (χ0) is 17.1. The molecule has 0 saturated carbocycles. The van der Waals surface area contributed by atoms with Crippen molar-refractivity contribution in [1.82, 2.24) is 14.7 Å². The molecular weight excluding hydrogens is 306 g/mol. The zero-order valence-electron chi connectivity index (χ0n) is 14.8. The van der Waals surface area contributed by atoms with E-state index in [9.17, 15) is 14.7 Å². The number of likely N-dealkylation sites (tertiary alicyclic amines) is 3. The lowest BCUT2D eigenvalue weighted by atomic mass is 9.94. The Kier molecular flexibility index (Phi) is 5.64. The van der Waals surface area contributed by atoms with Crippen LogP contribution in [0.25, 0.3) is 0 Å². The van der Waals surface area contributed by atoms with Gasteiger partial charge in [-0.1, -0.05) is 0 Å². The van der Waals surface area contributed by atoms with E-state index in [1.807, 2.05) is 14.7 Å². The third kappa shape index (κ3) is 3.85. The molecule has 0 aliphatic carbocycles. The van der Waals surface area contributed by atoms with Crippen molar-refractivity contribution >= 4 is 11.9 Å². The van der Waals surface area contributed by atoms with Gasteiger partial charge in [0.1, 0.15) is 0 Å². The van der Waals surface area contributed by atoms with Crippen LogP contribution in [0.3, 0.4) is 0 Å². The number of carbonyl (C=O) groups is 2. The summed E-state index contributed by atoms with van der Waals surface area (Å²) in [5, 5.41) is 9.64. The Morgan fingerprint density at radius 1 is 0.958 bits per heavy atom. The number of nitrogens with zero attached hydrogens (tertiary/aromatic N) is 3. The fraction of sp³-hybridized carbons (Fsp3) is 0.889. The van der Waals surface area contributed by atoms with Crippen LogP contribution in [0.4, 0.5) is 4.79 Å². The van der Waals surface area contributed by atoms with E-state index >= 15 is 0 Å². The number of piperidine rings is 1. The summed E-state index contributed by atoms with van der Waals surface area (Å²) in [5.74, 6) is 0.286. The number of carbonyl (C=O) groups excluding carboxylic acids is 2. The molecule has 0 radical (unpaired) electrons. The average molecular weight is 337 g/mol. The predicted octanol–water partition coefficient (Wildman–Crippen LogP) is 1.68. The minimum absolute atomic E-state index is 0.0437. The highest BCUT2D eigenvalue weighted by Gasteiger charge is 2.36. The highest BCUT2D eigenvalue weighted by atomic mass is 16.3. The van der Waals surface area contributed by atoms with Gasteiger partial charge in [-0.3, -0.25) is 4.79 Å². The minimum atomic E-state index is -0.358. The molecule has 0 aromatic carbocycles. The first kappa shape index (κ1) is 17.5. The molecule has 0 aromatic rings. The van der Waals surface area contributed by atoms with Gasteiger partial charge in [-0.15, -0.1) is 0 Å². The van der Waals surface area contributed by atoms with E-state index in [1.54, 1.807) is 6.92 Å². The minimum Gasteiger partial charge on any atom is -0.393 e. The van der Waals surface area contributed by atoms with Crippen LogP contribution in [0.5, 0.6) is 0 Å². The lowest BCUT2D eigenvalue weighted by Gasteiger charge is -2.36. The van der Waals surface area contributed by atoms with Crippen molar-refractivity contribution < 1.29 is 14.7 Å². The first-order valence-electron chi connectivity index (χ1n) is 9.58. The van der Waals surface area contributed by atoms with Crippen LogP contribution in [0.15, 0.2) is 0 Å². The molecule has 0 aromatic heterocycles. The Balaban J connectivity index is 1.50. The van der Waals surface area contributed by atoms with Crippen molar-refractivity contribution in [3.8, 4) is 0 Å². The highest BCUT2D eigenvalue weighted by Crippen LogP contribution is 2.28. The van der Waals surface area contributed by atoms with Gasteiger partial charge < -0.3 is 19.8 Å². The van der Waals surface area contributed by atoms with Gasteiger partial charge in [-0.05, 0) is 51.9 Å². The number of urea groups is 1. The molecule has 6 nitrogen and oxygen atoms in total. The van der Waals surface area contributed by atoms with E-state index < -0.39 is 0 Å². The molecule has 3 aliphatic heterocycles. The molecule has 6 heteroatoms. The van der Waals surface area contributed by atoms with E-state index in [1.165, 1.54) is 0 Å². The Morgan fingerprint density at radius 2 is 1.58 bits per heavy atom. The summed E-state index contributed by atoms with van der Waals surface area (Å²) < 4.78 is 0. The molecule has 3 aliphatic rings. The molecule has 0 spiro atoms. The maximum absolute atomic E-state index is 12.9. The molecule has 3 rings (SSSR count).